The Labute approximate surface area is 125 Å². The molecule has 1 aliphatic rings. The first kappa shape index (κ1) is 15.9. The predicted molar refractivity (Wildman–Crippen MR) is 75.5 cm³/mol. The van der Waals surface area contributed by atoms with E-state index in [0.717, 1.165) is 5.56 Å². The molecule has 1 aromatic rings. The molecule has 0 bridgehead atoms. The molecule has 2 rings (SSSR count). The molecule has 0 saturated heterocycles. The second-order valence-corrected chi connectivity index (χ2v) is 5.51. The van der Waals surface area contributed by atoms with Crippen molar-refractivity contribution >= 4 is 17.6 Å². The molecule has 116 valence electrons. The first-order chi connectivity index (χ1) is 9.83. The van der Waals surface area contributed by atoms with Crippen LogP contribution in [0.5, 0.6) is 0 Å². The fourth-order valence-electron chi connectivity index (χ4n) is 2.40. The molecule has 2 N–H and O–H groups in total. The van der Waals surface area contributed by atoms with E-state index in [-0.39, 0.29) is 24.4 Å². The number of hydrogen-bond acceptors (Lipinski definition) is 3. The first-order valence-electron chi connectivity index (χ1n) is 6.62. The van der Waals surface area contributed by atoms with Crippen molar-refractivity contribution < 1.29 is 17.9 Å². The van der Waals surface area contributed by atoms with E-state index in [4.69, 9.17) is 22.1 Å². The number of aliphatic imine (C=N–C) groups is 1. The summed E-state index contributed by atoms with van der Waals surface area (Å²) in [6.07, 6.45) is -4.56. The van der Waals surface area contributed by atoms with Crippen molar-refractivity contribution in [2.75, 3.05) is 6.61 Å². The zero-order chi connectivity index (χ0) is 15.5. The van der Waals surface area contributed by atoms with E-state index in [1.54, 1.807) is 24.3 Å². The molecule has 0 aliphatic carbocycles. The number of benzene rings is 1. The molecule has 21 heavy (non-hydrogen) atoms. The van der Waals surface area contributed by atoms with Gasteiger partial charge in [0.05, 0.1) is 6.04 Å². The van der Waals surface area contributed by atoms with Crippen molar-refractivity contribution in [1.82, 2.24) is 0 Å². The molecule has 1 heterocycles. The van der Waals surface area contributed by atoms with Gasteiger partial charge in [-0.1, -0.05) is 23.7 Å². The highest BCUT2D eigenvalue weighted by Gasteiger charge is 2.30. The number of hydrogen-bond donors (Lipinski definition) is 1. The highest BCUT2D eigenvalue weighted by molar-refractivity contribution is 6.30. The predicted octanol–water partition coefficient (Wildman–Crippen LogP) is 3.87. The van der Waals surface area contributed by atoms with E-state index < -0.39 is 12.6 Å². The number of nitrogens with zero attached hydrogens (tertiary/aromatic N) is 1. The molecule has 0 aromatic heterocycles. The third-order valence-corrected chi connectivity index (χ3v) is 3.62. The van der Waals surface area contributed by atoms with E-state index in [2.05, 4.69) is 4.99 Å². The molecule has 0 fully saturated rings. The Kier molecular flexibility index (Phi) is 4.98. The van der Waals surface area contributed by atoms with E-state index in [0.29, 0.717) is 18.1 Å². The van der Waals surface area contributed by atoms with Gasteiger partial charge in [0.2, 0.25) is 0 Å². The van der Waals surface area contributed by atoms with Crippen LogP contribution in [0.3, 0.4) is 0 Å². The Morgan fingerprint density at radius 3 is 2.76 bits per heavy atom. The monoisotopic (exact) mass is 320 g/mol. The highest BCUT2D eigenvalue weighted by atomic mass is 35.5. The summed E-state index contributed by atoms with van der Waals surface area (Å²) in [6, 6.07) is 6.81. The molecule has 1 unspecified atom stereocenters. The second-order valence-electron chi connectivity index (χ2n) is 5.07. The van der Waals surface area contributed by atoms with Crippen molar-refractivity contribution in [3.63, 3.8) is 0 Å². The number of amidine groups is 1. The summed E-state index contributed by atoms with van der Waals surface area (Å²) in [6.45, 7) is 0.314. The lowest BCUT2D eigenvalue weighted by molar-refractivity contribution is -0.136. The van der Waals surface area contributed by atoms with Crippen LogP contribution in [0.2, 0.25) is 5.02 Å². The normalized spacial score (nSPS) is 20.0. The highest BCUT2D eigenvalue weighted by Crippen LogP contribution is 2.34. The summed E-state index contributed by atoms with van der Waals surface area (Å²) >= 11 is 5.92. The molecule has 0 spiro atoms. The van der Waals surface area contributed by atoms with Crippen LogP contribution in [0.4, 0.5) is 13.2 Å². The molecule has 1 aliphatic heterocycles. The Morgan fingerprint density at radius 1 is 1.43 bits per heavy atom. The number of rotatable bonds is 5. The van der Waals surface area contributed by atoms with Crippen molar-refractivity contribution in [1.29, 1.82) is 0 Å². The molecule has 1 aromatic carbocycles. The third kappa shape index (κ3) is 5.12. The van der Waals surface area contributed by atoms with Crippen molar-refractivity contribution in [2.45, 2.75) is 37.4 Å². The third-order valence-electron chi connectivity index (χ3n) is 3.39. The van der Waals surface area contributed by atoms with Crippen molar-refractivity contribution in [3.05, 3.63) is 34.9 Å². The average molecular weight is 321 g/mol. The van der Waals surface area contributed by atoms with Crippen LogP contribution in [0.15, 0.2) is 29.3 Å². The zero-order valence-electron chi connectivity index (χ0n) is 11.2. The van der Waals surface area contributed by atoms with Crippen LogP contribution in [0, 0.1) is 0 Å². The van der Waals surface area contributed by atoms with E-state index >= 15 is 0 Å². The van der Waals surface area contributed by atoms with Crippen LogP contribution in [0.25, 0.3) is 0 Å². The molecule has 0 saturated carbocycles. The summed E-state index contributed by atoms with van der Waals surface area (Å²) in [5, 5.41) is 0.509. The van der Waals surface area contributed by atoms with Gasteiger partial charge in [-0.05, 0) is 36.5 Å². The van der Waals surface area contributed by atoms with Gasteiger partial charge in [-0.3, -0.25) is 0 Å². The van der Waals surface area contributed by atoms with Gasteiger partial charge in [-0.15, -0.1) is 0 Å². The molecule has 2 atom stereocenters. The molecule has 3 nitrogen and oxygen atoms in total. The Balaban J connectivity index is 2.10. The minimum absolute atomic E-state index is 0.00420. The summed E-state index contributed by atoms with van der Waals surface area (Å²) in [5.74, 6) is -0.284. The summed E-state index contributed by atoms with van der Waals surface area (Å²) in [7, 11) is 0. The molecule has 0 amide bonds. The Morgan fingerprint density at radius 2 is 2.19 bits per heavy atom. The van der Waals surface area contributed by atoms with Crippen molar-refractivity contribution in [2.24, 2.45) is 10.7 Å². The number of halogens is 4. The summed E-state index contributed by atoms with van der Waals surface area (Å²) in [4.78, 5) is 4.08. The van der Waals surface area contributed by atoms with E-state index in [1.807, 2.05) is 0 Å². The lowest BCUT2D eigenvalue weighted by atomic mass is 9.88. The molecule has 0 radical (unpaired) electrons. The minimum atomic E-state index is -4.18. The lowest BCUT2D eigenvalue weighted by Gasteiger charge is -2.20. The van der Waals surface area contributed by atoms with Crippen LogP contribution in [0.1, 0.15) is 30.7 Å². The van der Waals surface area contributed by atoms with Crippen molar-refractivity contribution in [3.8, 4) is 0 Å². The number of ether oxygens (including phenoxy) is 1. The van der Waals surface area contributed by atoms with E-state index in [9.17, 15) is 13.2 Å². The van der Waals surface area contributed by atoms with Gasteiger partial charge in [0.15, 0.2) is 0 Å². The Hall–Kier alpha value is -1.43. The van der Waals surface area contributed by atoms with Gasteiger partial charge in [-0.2, -0.15) is 13.2 Å². The lowest BCUT2D eigenvalue weighted by Crippen LogP contribution is -2.16. The van der Waals surface area contributed by atoms with Gasteiger partial charge in [-0.25, -0.2) is 4.99 Å². The topological polar surface area (TPSA) is 47.6 Å². The minimum Gasteiger partial charge on any atom is -0.463 e. The number of alkyl halides is 3. The molecule has 7 heteroatoms. The van der Waals surface area contributed by atoms with Crippen LogP contribution in [-0.2, 0) is 4.74 Å². The summed E-state index contributed by atoms with van der Waals surface area (Å²) in [5.41, 5.74) is 6.22. The molecular formula is C14H16ClF3N2O. The van der Waals surface area contributed by atoms with Crippen LogP contribution in [-0.4, -0.2) is 24.8 Å². The maximum atomic E-state index is 12.5. The fourth-order valence-corrected chi connectivity index (χ4v) is 2.60. The second kappa shape index (κ2) is 6.56. The Bertz CT molecular complexity index is 519. The molecular weight excluding hydrogens is 305 g/mol. The smallest absolute Gasteiger partial charge is 0.389 e. The van der Waals surface area contributed by atoms with Crippen LogP contribution >= 0.6 is 11.6 Å². The average Bonchev–Trinajstić information content (AvgIpc) is 2.79. The SMILES string of the molecule is NC1=N[C@@H](CC(CCC(F)(F)F)c2cccc(Cl)c2)CO1. The zero-order valence-corrected chi connectivity index (χ0v) is 12.0. The van der Waals surface area contributed by atoms with Gasteiger partial charge in [0.25, 0.3) is 6.02 Å². The maximum absolute atomic E-state index is 12.5. The van der Waals surface area contributed by atoms with E-state index in [1.165, 1.54) is 0 Å². The summed E-state index contributed by atoms with van der Waals surface area (Å²) < 4.78 is 42.5. The van der Waals surface area contributed by atoms with Gasteiger partial charge >= 0.3 is 6.18 Å². The van der Waals surface area contributed by atoms with Crippen LogP contribution < -0.4 is 5.73 Å². The van der Waals surface area contributed by atoms with Gasteiger partial charge in [0.1, 0.15) is 6.61 Å². The number of nitrogens with two attached hydrogens (primary N) is 1. The maximum Gasteiger partial charge on any atom is 0.389 e. The van der Waals surface area contributed by atoms with Gasteiger partial charge < -0.3 is 10.5 Å². The first-order valence-corrected chi connectivity index (χ1v) is 6.99. The van der Waals surface area contributed by atoms with Gasteiger partial charge in [0, 0.05) is 11.4 Å². The standard InChI is InChI=1S/C14H16ClF3N2O/c15-11-3-1-2-9(6-11)10(4-5-14(16,17)18)7-12-8-21-13(19)20-12/h1-3,6,10,12H,4-5,7-8H2,(H2,19,20)/t10?,12-/m0/s1. The largest absolute Gasteiger partial charge is 0.463 e. The quantitative estimate of drug-likeness (QED) is 0.895. The fraction of sp³-hybridized carbons (Fsp3) is 0.500.